The monoisotopic (exact) mass is 438 g/mol. The van der Waals surface area contributed by atoms with Gasteiger partial charge in [-0.05, 0) is 62.1 Å². The molecule has 3 aliphatic rings. The van der Waals surface area contributed by atoms with Crippen LogP contribution >= 0.6 is 11.3 Å². The Bertz CT molecular complexity index is 993. The Morgan fingerprint density at radius 1 is 1.10 bits per heavy atom. The predicted molar refractivity (Wildman–Crippen MR) is 124 cm³/mol. The van der Waals surface area contributed by atoms with Gasteiger partial charge in [-0.3, -0.25) is 9.59 Å². The maximum atomic E-state index is 13.1. The molecule has 31 heavy (non-hydrogen) atoms. The van der Waals surface area contributed by atoms with Crippen LogP contribution in [-0.4, -0.2) is 47.9 Å². The van der Waals surface area contributed by atoms with E-state index in [1.807, 2.05) is 4.90 Å². The highest BCUT2D eigenvalue weighted by atomic mass is 32.1. The lowest BCUT2D eigenvalue weighted by Crippen LogP contribution is -2.48. The maximum absolute atomic E-state index is 13.1. The molecule has 0 bridgehead atoms. The van der Waals surface area contributed by atoms with Gasteiger partial charge in [-0.15, -0.1) is 11.3 Å². The smallest absolute Gasteiger partial charge is 0.227 e. The molecule has 1 aliphatic heterocycles. The van der Waals surface area contributed by atoms with Gasteiger partial charge in [-0.1, -0.05) is 12.1 Å². The highest BCUT2D eigenvalue weighted by molar-refractivity contribution is 7.15. The molecule has 1 aromatic carbocycles. The summed E-state index contributed by atoms with van der Waals surface area (Å²) in [6.07, 6.45) is 7.14. The summed E-state index contributed by atoms with van der Waals surface area (Å²) in [7, 11) is 0. The number of anilines is 2. The topological polar surface area (TPSA) is 65.5 Å². The van der Waals surface area contributed by atoms with Gasteiger partial charge in [0.1, 0.15) is 0 Å². The molecule has 5 rings (SSSR count). The lowest BCUT2D eigenvalue weighted by Gasteiger charge is -2.33. The molecule has 7 heteroatoms. The number of carbonyl (C=O) groups is 2. The van der Waals surface area contributed by atoms with Crippen molar-refractivity contribution in [1.29, 1.82) is 0 Å². The molecule has 2 aliphatic carbocycles. The van der Waals surface area contributed by atoms with E-state index in [2.05, 4.69) is 28.4 Å². The molecule has 2 heterocycles. The number of nitrogens with one attached hydrogen (secondary N) is 1. The molecule has 0 radical (unpaired) electrons. The first-order valence-corrected chi connectivity index (χ1v) is 12.3. The minimum absolute atomic E-state index is 0.00908. The summed E-state index contributed by atoms with van der Waals surface area (Å²) >= 11 is 1.73. The van der Waals surface area contributed by atoms with E-state index < -0.39 is 0 Å². The Morgan fingerprint density at radius 3 is 2.71 bits per heavy atom. The fourth-order valence-corrected chi connectivity index (χ4v) is 6.30. The highest BCUT2D eigenvalue weighted by Crippen LogP contribution is 2.35. The first-order valence-electron chi connectivity index (χ1n) is 11.5. The summed E-state index contributed by atoms with van der Waals surface area (Å²) in [5.41, 5.74) is 4.91. The Morgan fingerprint density at radius 2 is 1.90 bits per heavy atom. The van der Waals surface area contributed by atoms with Gasteiger partial charge in [-0.2, -0.15) is 0 Å². The van der Waals surface area contributed by atoms with Crippen LogP contribution < -0.4 is 10.2 Å². The van der Waals surface area contributed by atoms with Gasteiger partial charge < -0.3 is 15.1 Å². The second kappa shape index (κ2) is 8.61. The molecule has 1 saturated heterocycles. The van der Waals surface area contributed by atoms with E-state index in [0.717, 1.165) is 74.8 Å². The summed E-state index contributed by atoms with van der Waals surface area (Å²) in [6, 6.07) is 6.33. The number of hydrogen-bond acceptors (Lipinski definition) is 5. The molecule has 1 aromatic heterocycles. The molecule has 2 aromatic rings. The van der Waals surface area contributed by atoms with E-state index in [4.69, 9.17) is 4.98 Å². The van der Waals surface area contributed by atoms with Crippen molar-refractivity contribution < 1.29 is 9.59 Å². The number of aromatic nitrogens is 1. The average Bonchev–Trinajstić information content (AvgIpc) is 3.23. The average molecular weight is 439 g/mol. The van der Waals surface area contributed by atoms with Crippen molar-refractivity contribution >= 4 is 34.0 Å². The van der Waals surface area contributed by atoms with Crippen molar-refractivity contribution in [3.63, 3.8) is 0 Å². The Hall–Kier alpha value is -2.41. The van der Waals surface area contributed by atoms with Crippen LogP contribution in [0.15, 0.2) is 18.2 Å². The lowest BCUT2D eigenvalue weighted by atomic mass is 9.88. The summed E-state index contributed by atoms with van der Waals surface area (Å²) in [5, 5.41) is 4.30. The molecule has 1 fully saturated rings. The molecule has 0 unspecified atom stereocenters. The number of benzene rings is 1. The number of nitrogens with zero attached hydrogens (tertiary/aromatic N) is 3. The maximum Gasteiger partial charge on any atom is 0.227 e. The number of piperazine rings is 1. The van der Waals surface area contributed by atoms with Crippen LogP contribution in [-0.2, 0) is 35.3 Å². The normalized spacial score (nSPS) is 20.7. The third-order valence-corrected chi connectivity index (χ3v) is 8.13. The van der Waals surface area contributed by atoms with Crippen molar-refractivity contribution in [1.82, 2.24) is 9.88 Å². The molecule has 0 saturated carbocycles. The number of carbonyl (C=O) groups excluding carboxylic acids is 2. The third kappa shape index (κ3) is 4.20. The van der Waals surface area contributed by atoms with Gasteiger partial charge in [0.05, 0.1) is 5.69 Å². The van der Waals surface area contributed by atoms with Crippen LogP contribution in [0.5, 0.6) is 0 Å². The van der Waals surface area contributed by atoms with Gasteiger partial charge in [0.25, 0.3) is 0 Å². The van der Waals surface area contributed by atoms with Gasteiger partial charge in [0, 0.05) is 49.6 Å². The predicted octanol–water partition coefficient (Wildman–Crippen LogP) is 3.43. The minimum atomic E-state index is 0.00908. The van der Waals surface area contributed by atoms with E-state index in [0.29, 0.717) is 0 Å². The molecular weight excluding hydrogens is 408 g/mol. The standard InChI is InChI=1S/C24H30N4O2S/c1-16(29)27-11-13-28(14-12-27)24-26-21-10-9-18(15-22(21)31-24)23(30)25-20-8-4-6-17-5-2-3-7-19(17)20/h4,6,8,18H,2-3,5,7,9-15H2,1H3,(H,25,30)/t18-/m1/s1. The second-order valence-electron chi connectivity index (χ2n) is 8.94. The summed E-state index contributed by atoms with van der Waals surface area (Å²) < 4.78 is 0. The van der Waals surface area contributed by atoms with Crippen molar-refractivity contribution in [2.75, 3.05) is 36.4 Å². The second-order valence-corrected chi connectivity index (χ2v) is 10.0. The molecule has 0 spiro atoms. The fourth-order valence-electron chi connectivity index (χ4n) is 5.07. The van der Waals surface area contributed by atoms with Gasteiger partial charge in [-0.25, -0.2) is 4.98 Å². The molecule has 164 valence electrons. The van der Waals surface area contributed by atoms with E-state index in [-0.39, 0.29) is 17.7 Å². The zero-order valence-electron chi connectivity index (χ0n) is 18.2. The van der Waals surface area contributed by atoms with Crippen LogP contribution in [0.25, 0.3) is 0 Å². The van der Waals surface area contributed by atoms with Crippen LogP contribution in [0.4, 0.5) is 10.8 Å². The first-order chi connectivity index (χ1) is 15.1. The quantitative estimate of drug-likeness (QED) is 0.797. The van der Waals surface area contributed by atoms with Crippen LogP contribution in [0.2, 0.25) is 0 Å². The Kier molecular flexibility index (Phi) is 5.69. The molecule has 6 nitrogen and oxygen atoms in total. The zero-order valence-corrected chi connectivity index (χ0v) is 19.0. The summed E-state index contributed by atoms with van der Waals surface area (Å²) in [5.74, 6) is 0.302. The third-order valence-electron chi connectivity index (χ3n) is 6.95. The largest absolute Gasteiger partial charge is 0.345 e. The summed E-state index contributed by atoms with van der Waals surface area (Å²) in [6.45, 7) is 4.80. The summed E-state index contributed by atoms with van der Waals surface area (Å²) in [4.78, 5) is 35.0. The lowest BCUT2D eigenvalue weighted by molar-refractivity contribution is -0.129. The van der Waals surface area contributed by atoms with Gasteiger partial charge in [0.15, 0.2) is 5.13 Å². The SMILES string of the molecule is CC(=O)N1CCN(c2nc3c(s2)C[C@H](C(=O)Nc2cccc4c2CCCC4)CC3)CC1. The van der Waals surface area contributed by atoms with E-state index in [1.165, 1.54) is 28.8 Å². The van der Waals surface area contributed by atoms with Crippen LogP contribution in [0.3, 0.4) is 0 Å². The number of fused-ring (bicyclic) bond motifs is 2. The number of rotatable bonds is 3. The molecule has 2 amide bonds. The highest BCUT2D eigenvalue weighted by Gasteiger charge is 2.30. The Labute approximate surface area is 187 Å². The van der Waals surface area contributed by atoms with Crippen molar-refractivity contribution in [3.8, 4) is 0 Å². The number of thiazole rings is 1. The number of amides is 2. The first kappa shape index (κ1) is 20.5. The molecule has 1 atom stereocenters. The fraction of sp³-hybridized carbons (Fsp3) is 0.542. The molecule has 1 N–H and O–H groups in total. The zero-order chi connectivity index (χ0) is 21.4. The van der Waals surface area contributed by atoms with Crippen molar-refractivity contribution in [2.45, 2.75) is 51.9 Å². The van der Waals surface area contributed by atoms with Crippen LogP contribution in [0, 0.1) is 5.92 Å². The van der Waals surface area contributed by atoms with Gasteiger partial charge >= 0.3 is 0 Å². The van der Waals surface area contributed by atoms with E-state index in [1.54, 1.807) is 18.3 Å². The minimum Gasteiger partial charge on any atom is -0.345 e. The van der Waals surface area contributed by atoms with Crippen molar-refractivity contribution in [2.24, 2.45) is 5.92 Å². The Balaban J connectivity index is 1.24. The van der Waals surface area contributed by atoms with E-state index in [9.17, 15) is 9.59 Å². The van der Waals surface area contributed by atoms with E-state index >= 15 is 0 Å². The number of aryl methyl sites for hydroxylation is 2. The number of hydrogen-bond donors (Lipinski definition) is 1. The van der Waals surface area contributed by atoms with Crippen molar-refractivity contribution in [3.05, 3.63) is 39.9 Å². The van der Waals surface area contributed by atoms with Gasteiger partial charge in [0.2, 0.25) is 11.8 Å². The van der Waals surface area contributed by atoms with Crippen LogP contribution in [0.1, 0.15) is 47.9 Å². The molecular formula is C24H30N4O2S.